The van der Waals surface area contributed by atoms with Crippen molar-refractivity contribution in [1.82, 2.24) is 4.90 Å². The second-order valence-corrected chi connectivity index (χ2v) is 6.40. The van der Waals surface area contributed by atoms with Gasteiger partial charge in [-0.2, -0.15) is 0 Å². The van der Waals surface area contributed by atoms with Crippen molar-refractivity contribution in [2.45, 2.75) is 46.1 Å². The van der Waals surface area contributed by atoms with Gasteiger partial charge in [0.15, 0.2) is 0 Å². The lowest BCUT2D eigenvalue weighted by atomic mass is 9.83. The van der Waals surface area contributed by atoms with E-state index in [4.69, 9.17) is 0 Å². The Labute approximate surface area is 129 Å². The van der Waals surface area contributed by atoms with E-state index in [0.717, 1.165) is 31.6 Å². The molecule has 0 unspecified atom stereocenters. The van der Waals surface area contributed by atoms with Crippen LogP contribution in [0.2, 0.25) is 0 Å². The van der Waals surface area contributed by atoms with Crippen molar-refractivity contribution in [2.24, 2.45) is 5.41 Å². The maximum Gasteiger partial charge on any atom is 0.0504 e. The van der Waals surface area contributed by atoms with E-state index in [1.165, 1.54) is 31.5 Å². The number of nitrogens with one attached hydrogen (secondary N) is 1. The van der Waals surface area contributed by atoms with Crippen molar-refractivity contribution in [3.63, 3.8) is 0 Å². The summed E-state index contributed by atoms with van der Waals surface area (Å²) in [6, 6.07) is 8.77. The summed E-state index contributed by atoms with van der Waals surface area (Å²) in [5.41, 5.74) is 2.55. The van der Waals surface area contributed by atoms with Gasteiger partial charge >= 0.3 is 0 Å². The van der Waals surface area contributed by atoms with E-state index >= 15 is 0 Å². The Morgan fingerprint density at radius 2 is 1.71 bits per heavy atom. The van der Waals surface area contributed by atoms with Crippen LogP contribution < -0.4 is 5.32 Å². The lowest BCUT2D eigenvalue weighted by Gasteiger charge is -2.30. The first-order chi connectivity index (χ1) is 10.2. The van der Waals surface area contributed by atoms with Crippen LogP contribution >= 0.6 is 0 Å². The molecule has 3 nitrogen and oxygen atoms in total. The van der Waals surface area contributed by atoms with E-state index < -0.39 is 0 Å². The highest BCUT2D eigenvalue weighted by molar-refractivity contribution is 5.44. The minimum atomic E-state index is 0.00816. The Hall–Kier alpha value is -1.06. The molecule has 1 aromatic rings. The lowest BCUT2D eigenvalue weighted by molar-refractivity contribution is 0.127. The SMILES string of the molecule is CCC(CC)(CO)CNc1ccc(CN2CCCC2)cc1. The second kappa shape index (κ2) is 7.81. The molecule has 1 aliphatic heterocycles. The number of hydrogen-bond acceptors (Lipinski definition) is 3. The third kappa shape index (κ3) is 4.45. The number of aliphatic hydroxyl groups is 1. The van der Waals surface area contributed by atoms with Gasteiger partial charge in [0.2, 0.25) is 0 Å². The quantitative estimate of drug-likeness (QED) is 0.769. The Balaban J connectivity index is 1.86. The van der Waals surface area contributed by atoms with E-state index in [1.807, 2.05) is 0 Å². The monoisotopic (exact) mass is 290 g/mol. The number of rotatable bonds is 8. The van der Waals surface area contributed by atoms with Crippen LogP contribution in [0.1, 0.15) is 45.1 Å². The van der Waals surface area contributed by atoms with Gasteiger partial charge in [-0.25, -0.2) is 0 Å². The average Bonchev–Trinajstić information content (AvgIpc) is 3.04. The van der Waals surface area contributed by atoms with Crippen molar-refractivity contribution in [3.8, 4) is 0 Å². The highest BCUT2D eigenvalue weighted by atomic mass is 16.3. The highest BCUT2D eigenvalue weighted by Gasteiger charge is 2.24. The third-order valence-corrected chi connectivity index (χ3v) is 5.06. The van der Waals surface area contributed by atoms with Gasteiger partial charge in [-0.15, -0.1) is 0 Å². The molecule has 2 rings (SSSR count). The van der Waals surface area contributed by atoms with E-state index in [9.17, 15) is 5.11 Å². The molecule has 0 aromatic heterocycles. The summed E-state index contributed by atoms with van der Waals surface area (Å²) in [6.07, 6.45) is 4.69. The summed E-state index contributed by atoms with van der Waals surface area (Å²) in [5.74, 6) is 0. The summed E-state index contributed by atoms with van der Waals surface area (Å²) in [7, 11) is 0. The molecule has 1 aromatic carbocycles. The molecule has 1 aliphatic rings. The first-order valence-corrected chi connectivity index (χ1v) is 8.37. The van der Waals surface area contributed by atoms with E-state index in [1.54, 1.807) is 0 Å². The molecule has 1 fully saturated rings. The predicted molar refractivity (Wildman–Crippen MR) is 89.5 cm³/mol. The van der Waals surface area contributed by atoms with Crippen molar-refractivity contribution in [1.29, 1.82) is 0 Å². The second-order valence-electron chi connectivity index (χ2n) is 6.40. The van der Waals surface area contributed by atoms with Crippen LogP contribution in [0.15, 0.2) is 24.3 Å². The molecule has 0 saturated carbocycles. The lowest BCUT2D eigenvalue weighted by Crippen LogP contribution is -2.32. The van der Waals surface area contributed by atoms with Gasteiger partial charge in [-0.05, 0) is 56.5 Å². The third-order valence-electron chi connectivity index (χ3n) is 5.06. The topological polar surface area (TPSA) is 35.5 Å². The van der Waals surface area contributed by atoms with Gasteiger partial charge < -0.3 is 10.4 Å². The number of anilines is 1. The smallest absolute Gasteiger partial charge is 0.0504 e. The van der Waals surface area contributed by atoms with Gasteiger partial charge in [0.25, 0.3) is 0 Å². The maximum atomic E-state index is 9.61. The van der Waals surface area contributed by atoms with Crippen LogP contribution in [0.3, 0.4) is 0 Å². The van der Waals surface area contributed by atoms with Gasteiger partial charge in [-0.1, -0.05) is 26.0 Å². The van der Waals surface area contributed by atoms with Crippen LogP contribution in [0.4, 0.5) is 5.69 Å². The minimum Gasteiger partial charge on any atom is -0.396 e. The molecule has 118 valence electrons. The molecule has 0 amide bonds. The molecule has 21 heavy (non-hydrogen) atoms. The molecule has 2 N–H and O–H groups in total. The van der Waals surface area contributed by atoms with E-state index in [2.05, 4.69) is 48.3 Å². The minimum absolute atomic E-state index is 0.00816. The van der Waals surface area contributed by atoms with Gasteiger partial charge in [0.05, 0.1) is 6.61 Å². The van der Waals surface area contributed by atoms with Crippen molar-refractivity contribution < 1.29 is 5.11 Å². The zero-order chi connectivity index (χ0) is 15.1. The molecular weight excluding hydrogens is 260 g/mol. The normalized spacial score (nSPS) is 16.3. The van der Waals surface area contributed by atoms with Crippen molar-refractivity contribution in [3.05, 3.63) is 29.8 Å². The largest absolute Gasteiger partial charge is 0.396 e. The average molecular weight is 290 g/mol. The first kappa shape index (κ1) is 16.3. The molecule has 0 spiro atoms. The van der Waals surface area contributed by atoms with Crippen molar-refractivity contribution >= 4 is 5.69 Å². The maximum absolute atomic E-state index is 9.61. The Morgan fingerprint density at radius 3 is 2.24 bits per heavy atom. The van der Waals surface area contributed by atoms with E-state index in [0.29, 0.717) is 0 Å². The van der Waals surface area contributed by atoms with Crippen LogP contribution in [0.5, 0.6) is 0 Å². The number of likely N-dealkylation sites (tertiary alicyclic amines) is 1. The van der Waals surface area contributed by atoms with E-state index in [-0.39, 0.29) is 12.0 Å². The Bertz CT molecular complexity index is 397. The molecule has 1 heterocycles. The number of benzene rings is 1. The van der Waals surface area contributed by atoms with Crippen LogP contribution in [0, 0.1) is 5.41 Å². The molecular formula is C18H30N2O. The molecule has 0 atom stereocenters. The number of aliphatic hydroxyl groups excluding tert-OH is 1. The predicted octanol–water partition coefficient (Wildman–Crippen LogP) is 3.49. The summed E-state index contributed by atoms with van der Waals surface area (Å²) < 4.78 is 0. The van der Waals surface area contributed by atoms with Crippen LogP contribution in [-0.4, -0.2) is 36.2 Å². The Kier molecular flexibility index (Phi) is 6.07. The highest BCUT2D eigenvalue weighted by Crippen LogP contribution is 2.26. The zero-order valence-corrected chi connectivity index (χ0v) is 13.6. The fourth-order valence-electron chi connectivity index (χ4n) is 3.00. The number of nitrogens with zero attached hydrogens (tertiary/aromatic N) is 1. The molecule has 1 saturated heterocycles. The zero-order valence-electron chi connectivity index (χ0n) is 13.6. The number of hydrogen-bond donors (Lipinski definition) is 2. The summed E-state index contributed by atoms with van der Waals surface area (Å²) in [5, 5.41) is 13.1. The van der Waals surface area contributed by atoms with Gasteiger partial charge in [0, 0.05) is 24.2 Å². The molecule has 0 aliphatic carbocycles. The molecule has 0 radical (unpaired) electrons. The van der Waals surface area contributed by atoms with Crippen LogP contribution in [-0.2, 0) is 6.54 Å². The molecule has 3 heteroatoms. The van der Waals surface area contributed by atoms with Gasteiger partial charge in [-0.3, -0.25) is 4.90 Å². The summed E-state index contributed by atoms with van der Waals surface area (Å²) >= 11 is 0. The molecule has 0 bridgehead atoms. The fourth-order valence-corrected chi connectivity index (χ4v) is 3.00. The Morgan fingerprint density at radius 1 is 1.10 bits per heavy atom. The van der Waals surface area contributed by atoms with Crippen LogP contribution in [0.25, 0.3) is 0 Å². The first-order valence-electron chi connectivity index (χ1n) is 8.37. The van der Waals surface area contributed by atoms with Gasteiger partial charge in [0.1, 0.15) is 0 Å². The standard InChI is InChI=1S/C18H30N2O/c1-3-18(4-2,15-21)14-19-17-9-7-16(8-10-17)13-20-11-5-6-12-20/h7-10,19,21H,3-6,11-15H2,1-2H3. The van der Waals surface area contributed by atoms with Crippen molar-refractivity contribution in [2.75, 3.05) is 31.6 Å². The summed E-state index contributed by atoms with van der Waals surface area (Å²) in [4.78, 5) is 2.52. The fraction of sp³-hybridized carbons (Fsp3) is 0.667. The summed E-state index contributed by atoms with van der Waals surface area (Å²) in [6.45, 7) is 8.95.